The summed E-state index contributed by atoms with van der Waals surface area (Å²) in [6.45, 7) is 0. The van der Waals surface area contributed by atoms with E-state index in [4.69, 9.17) is 0 Å². The maximum Gasteiger partial charge on any atom is 0.417 e. The van der Waals surface area contributed by atoms with Crippen molar-refractivity contribution in [3.8, 4) is 5.69 Å². The molecule has 2 aliphatic heterocycles. The molecule has 0 aromatic carbocycles. The molecule has 2 bridgehead atoms. The number of anilines is 1. The summed E-state index contributed by atoms with van der Waals surface area (Å²) < 4.78 is 52.8. The molecule has 0 radical (unpaired) electrons. The fourth-order valence-electron chi connectivity index (χ4n) is 4.53. The van der Waals surface area contributed by atoms with Gasteiger partial charge in [0.05, 0.1) is 24.0 Å². The number of halogens is 4. The van der Waals surface area contributed by atoms with Gasteiger partial charge in [-0.25, -0.2) is 14.4 Å². The van der Waals surface area contributed by atoms with Crippen molar-refractivity contribution in [1.29, 1.82) is 0 Å². The molecule has 0 aliphatic carbocycles. The zero-order chi connectivity index (χ0) is 22.5. The largest absolute Gasteiger partial charge is 0.417 e. The van der Waals surface area contributed by atoms with Crippen molar-refractivity contribution >= 4 is 11.7 Å². The van der Waals surface area contributed by atoms with Crippen LogP contribution in [0.3, 0.4) is 0 Å². The lowest BCUT2D eigenvalue weighted by atomic mass is 9.95. The molecule has 0 spiro atoms. The van der Waals surface area contributed by atoms with Gasteiger partial charge in [-0.15, -0.1) is 4.80 Å². The van der Waals surface area contributed by atoms with Crippen LogP contribution in [-0.2, 0) is 6.18 Å². The number of fused-ring (bicyclic) bond motifs is 2. The molecule has 166 valence electrons. The van der Waals surface area contributed by atoms with Gasteiger partial charge in [-0.1, -0.05) is 0 Å². The molecule has 1 amide bonds. The van der Waals surface area contributed by atoms with Gasteiger partial charge in [0, 0.05) is 24.5 Å². The Morgan fingerprint density at radius 2 is 1.84 bits per heavy atom. The number of pyridine rings is 2. The van der Waals surface area contributed by atoms with Crippen LogP contribution in [0.2, 0.25) is 0 Å². The number of carbonyl (C=O) groups excluding carboxylic acids is 1. The number of rotatable bonds is 4. The van der Waals surface area contributed by atoms with Crippen LogP contribution in [0.5, 0.6) is 0 Å². The number of hydrogen-bond donors (Lipinski definition) is 1. The molecule has 1 N–H and O–H groups in total. The van der Waals surface area contributed by atoms with Crippen LogP contribution in [0.15, 0.2) is 43.0 Å². The van der Waals surface area contributed by atoms with Crippen molar-refractivity contribution in [1.82, 2.24) is 29.9 Å². The zero-order valence-corrected chi connectivity index (χ0v) is 16.5. The maximum atomic E-state index is 14.5. The van der Waals surface area contributed by atoms with Crippen molar-refractivity contribution < 1.29 is 22.4 Å². The van der Waals surface area contributed by atoms with Gasteiger partial charge >= 0.3 is 6.18 Å². The highest BCUT2D eigenvalue weighted by Crippen LogP contribution is 2.40. The van der Waals surface area contributed by atoms with Crippen molar-refractivity contribution in [2.75, 3.05) is 5.32 Å². The molecule has 5 rings (SSSR count). The number of nitrogens with zero attached hydrogens (tertiary/aromatic N) is 6. The third kappa shape index (κ3) is 3.45. The third-order valence-electron chi connectivity index (χ3n) is 5.89. The Bertz CT molecular complexity index is 1130. The van der Waals surface area contributed by atoms with E-state index in [1.54, 1.807) is 4.90 Å². The molecular formula is C20H17F4N7O. The topological polar surface area (TPSA) is 88.8 Å². The fraction of sp³-hybridized carbons (Fsp3) is 0.350. The summed E-state index contributed by atoms with van der Waals surface area (Å²) >= 11 is 0. The summed E-state index contributed by atoms with van der Waals surface area (Å²) in [5.41, 5.74) is -1.04. The van der Waals surface area contributed by atoms with E-state index in [0.717, 1.165) is 29.5 Å². The van der Waals surface area contributed by atoms with E-state index in [1.165, 1.54) is 24.7 Å². The second kappa shape index (κ2) is 7.53. The standard InChI is InChI=1S/C20H17F4N7O/c21-13-5-6-25-17(18(13)31-27-7-8-28-31)19(32)30-12-2-3-15(30)14(9-12)29-16-4-1-11(10-26-16)20(22,23)24/h1,4-8,10,12,14-15H,2-3,9H2,(H,26,29). The molecule has 0 saturated carbocycles. The predicted octanol–water partition coefficient (Wildman–Crippen LogP) is 3.07. The van der Waals surface area contributed by atoms with Gasteiger partial charge in [0.25, 0.3) is 5.91 Å². The first kappa shape index (κ1) is 20.3. The normalized spacial score (nSPS) is 22.4. The van der Waals surface area contributed by atoms with Gasteiger partial charge < -0.3 is 10.2 Å². The van der Waals surface area contributed by atoms with Crippen LogP contribution in [0.1, 0.15) is 35.3 Å². The first-order valence-corrected chi connectivity index (χ1v) is 9.96. The molecule has 32 heavy (non-hydrogen) atoms. The summed E-state index contributed by atoms with van der Waals surface area (Å²) in [5.74, 6) is -0.808. The van der Waals surface area contributed by atoms with Crippen LogP contribution in [-0.4, -0.2) is 53.9 Å². The van der Waals surface area contributed by atoms with Crippen LogP contribution >= 0.6 is 0 Å². The highest BCUT2D eigenvalue weighted by atomic mass is 19.4. The average molecular weight is 447 g/mol. The number of alkyl halides is 3. The van der Waals surface area contributed by atoms with Crippen LogP contribution in [0.25, 0.3) is 5.69 Å². The van der Waals surface area contributed by atoms with Crippen LogP contribution in [0.4, 0.5) is 23.4 Å². The van der Waals surface area contributed by atoms with Gasteiger partial charge in [-0.05, 0) is 37.5 Å². The first-order valence-electron chi connectivity index (χ1n) is 9.96. The van der Waals surface area contributed by atoms with E-state index in [0.29, 0.717) is 18.7 Å². The second-order valence-electron chi connectivity index (χ2n) is 7.74. The minimum absolute atomic E-state index is 0.0913. The number of amides is 1. The molecule has 8 nitrogen and oxygen atoms in total. The van der Waals surface area contributed by atoms with E-state index in [-0.39, 0.29) is 29.5 Å². The Balaban J connectivity index is 1.38. The lowest BCUT2D eigenvalue weighted by Gasteiger charge is -2.25. The molecule has 12 heteroatoms. The van der Waals surface area contributed by atoms with E-state index < -0.39 is 23.5 Å². The Hall–Kier alpha value is -3.57. The van der Waals surface area contributed by atoms with Gasteiger partial charge in [0.2, 0.25) is 0 Å². The summed E-state index contributed by atoms with van der Waals surface area (Å²) in [6, 6.07) is 2.86. The van der Waals surface area contributed by atoms with Gasteiger partial charge in [-0.2, -0.15) is 23.4 Å². The van der Waals surface area contributed by atoms with Crippen molar-refractivity contribution in [3.05, 3.63) is 60.1 Å². The lowest BCUT2D eigenvalue weighted by molar-refractivity contribution is -0.137. The molecule has 3 unspecified atom stereocenters. The SMILES string of the molecule is O=C(c1nccc(F)c1-n1nccn1)N1C2CCC1C(Nc1ccc(C(F)(F)F)cn1)C2. The second-order valence-corrected chi connectivity index (χ2v) is 7.74. The van der Waals surface area contributed by atoms with Crippen molar-refractivity contribution in [2.45, 2.75) is 43.6 Å². The predicted molar refractivity (Wildman–Crippen MR) is 103 cm³/mol. The van der Waals surface area contributed by atoms with Crippen LogP contribution < -0.4 is 5.32 Å². The molecule has 2 aliphatic rings. The Labute approximate surface area is 179 Å². The van der Waals surface area contributed by atoms with Crippen molar-refractivity contribution in [2.24, 2.45) is 0 Å². The smallest absolute Gasteiger partial charge is 0.365 e. The average Bonchev–Trinajstić information content (AvgIpc) is 3.49. The minimum Gasteiger partial charge on any atom is -0.365 e. The monoisotopic (exact) mass is 447 g/mol. The zero-order valence-electron chi connectivity index (χ0n) is 16.5. The van der Waals surface area contributed by atoms with E-state index >= 15 is 0 Å². The van der Waals surface area contributed by atoms with Crippen molar-refractivity contribution in [3.63, 3.8) is 0 Å². The molecular weight excluding hydrogens is 430 g/mol. The van der Waals surface area contributed by atoms with Gasteiger partial charge in [0.15, 0.2) is 17.2 Å². The van der Waals surface area contributed by atoms with Gasteiger partial charge in [-0.3, -0.25) is 4.79 Å². The number of nitrogens with one attached hydrogen (secondary N) is 1. The van der Waals surface area contributed by atoms with Crippen LogP contribution in [0, 0.1) is 5.82 Å². The summed E-state index contributed by atoms with van der Waals surface area (Å²) in [5, 5.41) is 11.0. The van der Waals surface area contributed by atoms with E-state index in [9.17, 15) is 22.4 Å². The van der Waals surface area contributed by atoms with E-state index in [1.807, 2.05) is 0 Å². The fourth-order valence-corrected chi connectivity index (χ4v) is 4.53. The minimum atomic E-state index is -4.46. The number of carbonyl (C=O) groups is 1. The quantitative estimate of drug-likeness (QED) is 0.619. The Morgan fingerprint density at radius 3 is 2.53 bits per heavy atom. The summed E-state index contributed by atoms with van der Waals surface area (Å²) in [7, 11) is 0. The Kier molecular flexibility index (Phi) is 4.79. The van der Waals surface area contributed by atoms with E-state index in [2.05, 4.69) is 25.5 Å². The lowest BCUT2D eigenvalue weighted by Crippen LogP contribution is -2.40. The maximum absolute atomic E-state index is 14.5. The first-order chi connectivity index (χ1) is 15.3. The summed E-state index contributed by atoms with van der Waals surface area (Å²) in [6.07, 6.45) is 2.37. The molecule has 5 heterocycles. The molecule has 2 saturated heterocycles. The highest BCUT2D eigenvalue weighted by Gasteiger charge is 2.49. The Morgan fingerprint density at radius 1 is 1.06 bits per heavy atom. The number of aromatic nitrogens is 5. The molecule has 3 atom stereocenters. The third-order valence-corrected chi connectivity index (χ3v) is 5.89. The molecule has 3 aromatic heterocycles. The summed E-state index contributed by atoms with van der Waals surface area (Å²) in [4.78, 5) is 24.1. The highest BCUT2D eigenvalue weighted by molar-refractivity contribution is 5.96. The molecule has 3 aromatic rings. The van der Waals surface area contributed by atoms with Gasteiger partial charge in [0.1, 0.15) is 5.82 Å². The molecule has 2 fully saturated rings. The number of hydrogen-bond acceptors (Lipinski definition) is 6.